The van der Waals surface area contributed by atoms with Gasteiger partial charge < -0.3 is 20.3 Å². The zero-order valence-corrected chi connectivity index (χ0v) is 32.3. The molecule has 0 spiro atoms. The summed E-state index contributed by atoms with van der Waals surface area (Å²) in [7, 11) is 0. The number of allylic oxidation sites excluding steroid dienone is 2. The van der Waals surface area contributed by atoms with Crippen LogP contribution in [0.15, 0.2) is 12.2 Å². The third-order valence-corrected chi connectivity index (χ3v) is 9.74. The van der Waals surface area contributed by atoms with Gasteiger partial charge in [-0.05, 0) is 58.4 Å². The molecule has 7 heteroatoms. The molecule has 0 aliphatic heterocycles. The van der Waals surface area contributed by atoms with Crippen LogP contribution in [0, 0.1) is 5.41 Å². The molecule has 1 unspecified atom stereocenters. The Bertz CT molecular complexity index is 800. The largest absolute Gasteiger partial charge is 0.505 e. The molecule has 0 amide bonds. The van der Waals surface area contributed by atoms with Crippen molar-refractivity contribution in [1.29, 1.82) is 0 Å². The number of hydrogen-bond donors (Lipinski definition) is 2. The summed E-state index contributed by atoms with van der Waals surface area (Å²) in [5.41, 5.74) is 4.38. The lowest BCUT2D eigenvalue weighted by molar-refractivity contribution is -0.151. The number of esters is 1. The van der Waals surface area contributed by atoms with E-state index in [-0.39, 0.29) is 25.0 Å². The number of carbonyl (C=O) groups is 3. The minimum absolute atomic E-state index is 0.0990. The van der Waals surface area contributed by atoms with Crippen LogP contribution in [0.25, 0.3) is 0 Å². The van der Waals surface area contributed by atoms with Gasteiger partial charge in [-0.15, -0.1) is 0 Å². The summed E-state index contributed by atoms with van der Waals surface area (Å²) in [5.74, 6) is -0.429. The van der Waals surface area contributed by atoms with E-state index < -0.39 is 11.6 Å². The van der Waals surface area contributed by atoms with Crippen LogP contribution in [-0.2, 0) is 19.1 Å². The van der Waals surface area contributed by atoms with E-state index in [0.29, 0.717) is 12.8 Å². The fourth-order valence-electron chi connectivity index (χ4n) is 6.28. The van der Waals surface area contributed by atoms with Gasteiger partial charge in [0.2, 0.25) is 0 Å². The first kappa shape index (κ1) is 47.1. The molecule has 1 atom stereocenters. The average molecular weight is 694 g/mol. The summed E-state index contributed by atoms with van der Waals surface area (Å²) >= 11 is 0. The van der Waals surface area contributed by atoms with Crippen LogP contribution < -0.4 is 5.73 Å². The molecular weight excluding hydrogens is 614 g/mol. The third-order valence-electron chi connectivity index (χ3n) is 9.74. The molecular formula is C42H79NO6. The molecule has 0 bridgehead atoms. The number of carbonyl (C=O) groups excluding carboxylic acids is 2. The summed E-state index contributed by atoms with van der Waals surface area (Å²) in [4.78, 5) is 36.5. The molecule has 288 valence electrons. The molecule has 7 nitrogen and oxygen atoms in total. The van der Waals surface area contributed by atoms with Crippen LogP contribution in [0.4, 0.5) is 4.79 Å². The van der Waals surface area contributed by atoms with Gasteiger partial charge >= 0.3 is 12.1 Å². The van der Waals surface area contributed by atoms with Crippen molar-refractivity contribution in [2.24, 2.45) is 11.1 Å². The minimum atomic E-state index is -1.42. The Morgan fingerprint density at radius 2 is 0.898 bits per heavy atom. The first-order chi connectivity index (χ1) is 23.9. The quantitative estimate of drug-likeness (QED) is 0.0375. The SMILES string of the molecule is CCCCCCCC/C=C\CCCCCCCCCCCC(=O)C(C)(COC(=O)O)COC(=O)CCCCCCCCCCCCCCN. The van der Waals surface area contributed by atoms with E-state index in [4.69, 9.17) is 20.3 Å². The van der Waals surface area contributed by atoms with Crippen molar-refractivity contribution in [3.63, 3.8) is 0 Å². The lowest BCUT2D eigenvalue weighted by atomic mass is 9.84. The lowest BCUT2D eigenvalue weighted by Gasteiger charge is -2.26. The fraction of sp³-hybridized carbons (Fsp3) is 0.881. The van der Waals surface area contributed by atoms with E-state index in [9.17, 15) is 14.4 Å². The summed E-state index contributed by atoms with van der Waals surface area (Å²) in [6, 6.07) is 0. The number of rotatable bonds is 38. The molecule has 0 saturated heterocycles. The van der Waals surface area contributed by atoms with Gasteiger partial charge in [-0.2, -0.15) is 0 Å². The molecule has 3 N–H and O–H groups in total. The predicted molar refractivity (Wildman–Crippen MR) is 205 cm³/mol. The van der Waals surface area contributed by atoms with Crippen molar-refractivity contribution in [2.75, 3.05) is 19.8 Å². The van der Waals surface area contributed by atoms with Crippen LogP contribution in [0.1, 0.15) is 213 Å². The van der Waals surface area contributed by atoms with Crippen LogP contribution in [0.5, 0.6) is 0 Å². The van der Waals surface area contributed by atoms with Gasteiger partial charge in [0.25, 0.3) is 0 Å². The second-order valence-corrected chi connectivity index (χ2v) is 14.7. The Morgan fingerprint density at radius 3 is 1.33 bits per heavy atom. The topological polar surface area (TPSA) is 116 Å². The molecule has 0 aromatic carbocycles. The van der Waals surface area contributed by atoms with E-state index in [1.165, 1.54) is 141 Å². The monoisotopic (exact) mass is 694 g/mol. The molecule has 0 aromatic heterocycles. The Labute approximate surface area is 302 Å². The van der Waals surface area contributed by atoms with Crippen LogP contribution in [0.3, 0.4) is 0 Å². The first-order valence-electron chi connectivity index (χ1n) is 20.8. The molecule has 0 fully saturated rings. The maximum absolute atomic E-state index is 13.1. The normalized spacial score (nSPS) is 12.7. The van der Waals surface area contributed by atoms with Crippen molar-refractivity contribution in [1.82, 2.24) is 0 Å². The molecule has 49 heavy (non-hydrogen) atoms. The van der Waals surface area contributed by atoms with E-state index in [1.54, 1.807) is 6.92 Å². The van der Waals surface area contributed by atoms with Gasteiger partial charge in [-0.25, -0.2) is 4.79 Å². The van der Waals surface area contributed by atoms with Crippen LogP contribution in [0.2, 0.25) is 0 Å². The number of unbranched alkanes of at least 4 members (excludes halogenated alkanes) is 26. The maximum Gasteiger partial charge on any atom is 0.505 e. The van der Waals surface area contributed by atoms with Crippen molar-refractivity contribution in [3.8, 4) is 0 Å². The van der Waals surface area contributed by atoms with Gasteiger partial charge in [0.05, 0.1) is 5.41 Å². The van der Waals surface area contributed by atoms with E-state index in [2.05, 4.69) is 19.1 Å². The van der Waals surface area contributed by atoms with E-state index in [0.717, 1.165) is 51.5 Å². The molecule has 0 saturated carbocycles. The Balaban J connectivity index is 3.94. The summed E-state index contributed by atoms with van der Waals surface area (Å²) in [6.07, 6.45) is 39.2. The van der Waals surface area contributed by atoms with Crippen LogP contribution in [-0.4, -0.2) is 42.8 Å². The second kappa shape index (κ2) is 35.9. The zero-order valence-electron chi connectivity index (χ0n) is 32.3. The van der Waals surface area contributed by atoms with Gasteiger partial charge in [0.15, 0.2) is 0 Å². The molecule has 0 aromatic rings. The maximum atomic E-state index is 13.1. The van der Waals surface area contributed by atoms with E-state index >= 15 is 0 Å². The predicted octanol–water partition coefficient (Wildman–Crippen LogP) is 12.4. The lowest BCUT2D eigenvalue weighted by Crippen LogP contribution is -2.39. The van der Waals surface area contributed by atoms with Crippen molar-refractivity contribution in [2.45, 2.75) is 213 Å². The molecule has 0 heterocycles. The van der Waals surface area contributed by atoms with Crippen molar-refractivity contribution >= 4 is 17.9 Å². The highest BCUT2D eigenvalue weighted by atomic mass is 16.7. The summed E-state index contributed by atoms with van der Waals surface area (Å²) in [6.45, 7) is 4.28. The minimum Gasteiger partial charge on any atom is -0.464 e. The molecule has 0 radical (unpaired) electrons. The van der Waals surface area contributed by atoms with Crippen molar-refractivity contribution < 1.29 is 29.0 Å². The molecule has 0 aliphatic carbocycles. The Kier molecular flexibility index (Phi) is 34.5. The van der Waals surface area contributed by atoms with E-state index in [1.807, 2.05) is 0 Å². The number of nitrogens with two attached hydrogens (primary N) is 1. The number of carboxylic acid groups (broad SMARTS) is 1. The number of Topliss-reactive ketones (excluding diaryl/α,β-unsaturated/α-hetero) is 1. The molecule has 0 aliphatic rings. The standard InChI is InChI=1S/C42H79NO6/c1-3-4-5-6-7-8-9-10-11-12-13-14-15-16-19-22-25-28-31-34-39(44)42(2,38-49-41(46)47)37-48-40(45)35-32-29-26-23-20-17-18-21-24-27-30-33-36-43/h10-11H,3-9,12-38,43H2,1-2H3,(H,46,47)/b11-10-. The van der Waals surface area contributed by atoms with Gasteiger partial charge in [-0.3, -0.25) is 9.59 Å². The van der Waals surface area contributed by atoms with Crippen molar-refractivity contribution in [3.05, 3.63) is 12.2 Å². The highest BCUT2D eigenvalue weighted by Gasteiger charge is 2.36. The Morgan fingerprint density at radius 1 is 0.531 bits per heavy atom. The van der Waals surface area contributed by atoms with Gasteiger partial charge in [0.1, 0.15) is 19.0 Å². The zero-order chi connectivity index (χ0) is 36.1. The highest BCUT2D eigenvalue weighted by molar-refractivity contribution is 5.85. The summed E-state index contributed by atoms with van der Waals surface area (Å²) < 4.78 is 10.3. The fourth-order valence-corrected chi connectivity index (χ4v) is 6.28. The third kappa shape index (κ3) is 33.0. The van der Waals surface area contributed by atoms with Gasteiger partial charge in [0, 0.05) is 12.8 Å². The number of hydrogen-bond acceptors (Lipinski definition) is 6. The molecule has 0 rings (SSSR count). The van der Waals surface area contributed by atoms with Gasteiger partial charge in [-0.1, -0.05) is 160 Å². The first-order valence-corrected chi connectivity index (χ1v) is 20.8. The summed E-state index contributed by atoms with van der Waals surface area (Å²) in [5, 5.41) is 9.02. The number of ketones is 1. The highest BCUT2D eigenvalue weighted by Crippen LogP contribution is 2.24. The van der Waals surface area contributed by atoms with Crippen LogP contribution >= 0.6 is 0 Å². The second-order valence-electron chi connectivity index (χ2n) is 14.7. The Hall–Kier alpha value is -1.89. The smallest absolute Gasteiger partial charge is 0.464 e. The average Bonchev–Trinajstić information content (AvgIpc) is 3.09. The number of ether oxygens (including phenoxy) is 2.